The van der Waals surface area contributed by atoms with Crippen molar-refractivity contribution in [2.45, 2.75) is 51.2 Å². The molecule has 6 heteroatoms. The Bertz CT molecular complexity index is 376. The van der Waals surface area contributed by atoms with Crippen LogP contribution in [0.25, 0.3) is 0 Å². The van der Waals surface area contributed by atoms with Crippen molar-refractivity contribution in [3.05, 3.63) is 17.8 Å². The van der Waals surface area contributed by atoms with Crippen LogP contribution < -0.4 is 5.32 Å². The minimum atomic E-state index is 0. The van der Waals surface area contributed by atoms with Gasteiger partial charge in [-0.1, -0.05) is 0 Å². The van der Waals surface area contributed by atoms with Gasteiger partial charge in [0.15, 0.2) is 0 Å². The highest BCUT2D eigenvalue weighted by atomic mass is 35.5. The number of aryl methyl sites for hydroxylation is 1. The standard InChI is InChI=1S/C13H21N3O.2ClH/c1-10-7-15-13(17-10)9-16(12-4-5-12)8-11-3-2-6-14-11;;/h7,11-12,14H,2-6,8-9H2,1H3;2*1H. The number of aromatic nitrogens is 1. The van der Waals surface area contributed by atoms with Gasteiger partial charge in [0.2, 0.25) is 5.89 Å². The quantitative estimate of drug-likeness (QED) is 0.907. The molecule has 0 radical (unpaired) electrons. The van der Waals surface area contributed by atoms with Gasteiger partial charge >= 0.3 is 0 Å². The first-order chi connectivity index (χ1) is 8.31. The zero-order valence-electron chi connectivity index (χ0n) is 11.3. The molecule has 4 nitrogen and oxygen atoms in total. The van der Waals surface area contributed by atoms with Gasteiger partial charge in [-0.25, -0.2) is 4.98 Å². The highest BCUT2D eigenvalue weighted by molar-refractivity contribution is 5.85. The van der Waals surface area contributed by atoms with E-state index in [1.807, 2.05) is 13.1 Å². The molecule has 1 atom stereocenters. The molecular weight excluding hydrogens is 285 g/mol. The fourth-order valence-electron chi connectivity index (χ4n) is 2.63. The normalized spacial score (nSPS) is 22.1. The lowest BCUT2D eigenvalue weighted by atomic mass is 10.2. The minimum absolute atomic E-state index is 0. The Morgan fingerprint density at radius 3 is 2.68 bits per heavy atom. The van der Waals surface area contributed by atoms with Gasteiger partial charge in [0.1, 0.15) is 5.76 Å². The highest BCUT2D eigenvalue weighted by Gasteiger charge is 2.32. The van der Waals surface area contributed by atoms with Crippen LogP contribution in [0, 0.1) is 6.92 Å². The summed E-state index contributed by atoms with van der Waals surface area (Å²) in [5.74, 6) is 1.78. The smallest absolute Gasteiger partial charge is 0.208 e. The third kappa shape index (κ3) is 4.63. The van der Waals surface area contributed by atoms with E-state index in [1.54, 1.807) is 0 Å². The second-order valence-corrected chi connectivity index (χ2v) is 5.32. The molecule has 2 heterocycles. The van der Waals surface area contributed by atoms with Gasteiger partial charge in [-0.05, 0) is 39.2 Å². The van der Waals surface area contributed by atoms with Gasteiger partial charge in [-0.3, -0.25) is 4.90 Å². The lowest BCUT2D eigenvalue weighted by molar-refractivity contribution is 0.208. The topological polar surface area (TPSA) is 41.3 Å². The van der Waals surface area contributed by atoms with E-state index in [0.717, 1.165) is 30.8 Å². The van der Waals surface area contributed by atoms with Crippen molar-refractivity contribution in [1.29, 1.82) is 0 Å². The van der Waals surface area contributed by atoms with Crippen molar-refractivity contribution < 1.29 is 4.42 Å². The first-order valence-electron chi connectivity index (χ1n) is 6.70. The minimum Gasteiger partial charge on any atom is -0.445 e. The molecule has 2 aliphatic rings. The molecule has 3 rings (SSSR count). The number of oxazole rings is 1. The molecule has 0 spiro atoms. The van der Waals surface area contributed by atoms with E-state index in [4.69, 9.17) is 4.42 Å². The van der Waals surface area contributed by atoms with Crippen molar-refractivity contribution in [2.75, 3.05) is 13.1 Å². The molecule has 1 aliphatic carbocycles. The Hall–Kier alpha value is -0.290. The Morgan fingerprint density at radius 2 is 2.16 bits per heavy atom. The van der Waals surface area contributed by atoms with Crippen LogP contribution in [-0.2, 0) is 6.54 Å². The lowest BCUT2D eigenvalue weighted by Gasteiger charge is -2.24. The fourth-order valence-corrected chi connectivity index (χ4v) is 2.63. The Morgan fingerprint density at radius 1 is 1.37 bits per heavy atom. The van der Waals surface area contributed by atoms with E-state index in [-0.39, 0.29) is 24.8 Å². The third-order valence-electron chi connectivity index (χ3n) is 3.69. The van der Waals surface area contributed by atoms with Crippen LogP contribution in [0.3, 0.4) is 0 Å². The van der Waals surface area contributed by atoms with E-state index in [9.17, 15) is 0 Å². The van der Waals surface area contributed by atoms with Gasteiger partial charge in [-0.15, -0.1) is 24.8 Å². The Kier molecular flexibility index (Phi) is 6.60. The summed E-state index contributed by atoms with van der Waals surface area (Å²) in [7, 11) is 0. The summed E-state index contributed by atoms with van der Waals surface area (Å²) in [6.45, 7) is 5.15. The molecule has 1 N–H and O–H groups in total. The van der Waals surface area contributed by atoms with E-state index >= 15 is 0 Å². The molecule has 1 aliphatic heterocycles. The number of halogens is 2. The number of rotatable bonds is 5. The SMILES string of the molecule is Cc1cnc(CN(CC2CCCN2)C2CC2)o1.Cl.Cl. The maximum atomic E-state index is 5.58. The average Bonchev–Trinajstić information content (AvgIpc) is 2.89. The monoisotopic (exact) mass is 307 g/mol. The third-order valence-corrected chi connectivity index (χ3v) is 3.69. The van der Waals surface area contributed by atoms with Crippen molar-refractivity contribution in [3.8, 4) is 0 Å². The van der Waals surface area contributed by atoms with Crippen LogP contribution >= 0.6 is 24.8 Å². The molecule has 110 valence electrons. The van der Waals surface area contributed by atoms with Gasteiger partial charge in [-0.2, -0.15) is 0 Å². The summed E-state index contributed by atoms with van der Waals surface area (Å²) >= 11 is 0. The molecule has 19 heavy (non-hydrogen) atoms. The molecule has 2 fully saturated rings. The van der Waals surface area contributed by atoms with Crippen LogP contribution in [0.2, 0.25) is 0 Å². The summed E-state index contributed by atoms with van der Waals surface area (Å²) in [5, 5.41) is 3.57. The van der Waals surface area contributed by atoms with Crippen LogP contribution in [0.5, 0.6) is 0 Å². The van der Waals surface area contributed by atoms with Crippen molar-refractivity contribution >= 4 is 24.8 Å². The first kappa shape index (κ1) is 16.8. The van der Waals surface area contributed by atoms with Crippen LogP contribution in [0.4, 0.5) is 0 Å². The highest BCUT2D eigenvalue weighted by Crippen LogP contribution is 2.29. The summed E-state index contributed by atoms with van der Waals surface area (Å²) < 4.78 is 5.58. The molecule has 0 bridgehead atoms. The van der Waals surface area contributed by atoms with E-state index < -0.39 is 0 Å². The summed E-state index contributed by atoms with van der Waals surface area (Å²) in [6.07, 6.45) is 7.13. The molecule has 1 saturated heterocycles. The van der Waals surface area contributed by atoms with Gasteiger partial charge in [0.25, 0.3) is 0 Å². The molecule has 1 aromatic rings. The fraction of sp³-hybridized carbons (Fsp3) is 0.769. The summed E-state index contributed by atoms with van der Waals surface area (Å²) in [4.78, 5) is 6.85. The van der Waals surface area contributed by atoms with Crippen molar-refractivity contribution in [1.82, 2.24) is 15.2 Å². The Balaban J connectivity index is 0.000000902. The van der Waals surface area contributed by atoms with E-state index in [0.29, 0.717) is 6.04 Å². The predicted octanol–water partition coefficient (Wildman–Crippen LogP) is 2.54. The predicted molar refractivity (Wildman–Crippen MR) is 80.2 cm³/mol. The summed E-state index contributed by atoms with van der Waals surface area (Å²) in [5.41, 5.74) is 0. The largest absolute Gasteiger partial charge is 0.445 e. The molecule has 1 saturated carbocycles. The molecule has 1 aromatic heterocycles. The summed E-state index contributed by atoms with van der Waals surface area (Å²) in [6, 6.07) is 1.44. The van der Waals surface area contributed by atoms with Crippen LogP contribution in [-0.4, -0.2) is 35.1 Å². The number of hydrogen-bond donors (Lipinski definition) is 1. The van der Waals surface area contributed by atoms with Crippen molar-refractivity contribution in [2.24, 2.45) is 0 Å². The van der Waals surface area contributed by atoms with E-state index in [1.165, 1.54) is 32.2 Å². The van der Waals surface area contributed by atoms with Gasteiger partial charge in [0, 0.05) is 18.6 Å². The number of nitrogens with one attached hydrogen (secondary N) is 1. The first-order valence-corrected chi connectivity index (χ1v) is 6.70. The van der Waals surface area contributed by atoms with Gasteiger partial charge < -0.3 is 9.73 Å². The maximum Gasteiger partial charge on any atom is 0.208 e. The average molecular weight is 308 g/mol. The van der Waals surface area contributed by atoms with Crippen LogP contribution in [0.15, 0.2) is 10.6 Å². The second kappa shape index (κ2) is 7.48. The van der Waals surface area contributed by atoms with E-state index in [2.05, 4.69) is 15.2 Å². The molecule has 0 amide bonds. The number of nitrogens with zero attached hydrogens (tertiary/aromatic N) is 2. The van der Waals surface area contributed by atoms with Gasteiger partial charge in [0.05, 0.1) is 12.7 Å². The van der Waals surface area contributed by atoms with Crippen molar-refractivity contribution in [3.63, 3.8) is 0 Å². The Labute approximate surface area is 127 Å². The number of hydrogen-bond acceptors (Lipinski definition) is 4. The lowest BCUT2D eigenvalue weighted by Crippen LogP contribution is -2.38. The van der Waals surface area contributed by atoms with Crippen LogP contribution in [0.1, 0.15) is 37.3 Å². The zero-order valence-corrected chi connectivity index (χ0v) is 12.9. The zero-order chi connectivity index (χ0) is 11.7. The molecule has 1 unspecified atom stereocenters. The maximum absolute atomic E-state index is 5.58. The second-order valence-electron chi connectivity index (χ2n) is 5.32. The molecular formula is C13H23Cl2N3O. The molecule has 0 aromatic carbocycles.